The molecule has 0 aromatic heterocycles. The van der Waals surface area contributed by atoms with E-state index in [4.69, 9.17) is 0 Å². The van der Waals surface area contributed by atoms with Crippen molar-refractivity contribution < 1.29 is 4.21 Å². The molecule has 0 saturated carbocycles. The lowest BCUT2D eigenvalue weighted by molar-refractivity contribution is 0.650. The maximum absolute atomic E-state index is 11.7. The Morgan fingerprint density at radius 2 is 2.07 bits per heavy atom. The highest BCUT2D eigenvalue weighted by atomic mass is 32.2. The Hall–Kier alpha value is -0.440. The van der Waals surface area contributed by atoms with Gasteiger partial charge in [-0.05, 0) is 40.0 Å². The molecule has 0 aromatic carbocycles. The summed E-state index contributed by atoms with van der Waals surface area (Å²) in [6, 6.07) is 0. The van der Waals surface area contributed by atoms with Gasteiger partial charge in [-0.2, -0.15) is 4.40 Å². The van der Waals surface area contributed by atoms with Crippen molar-refractivity contribution in [2.75, 3.05) is 0 Å². The van der Waals surface area contributed by atoms with Gasteiger partial charge in [0, 0.05) is 5.71 Å². The fraction of sp³-hybridized carbons (Fsp3) is 0.727. The quantitative estimate of drug-likeness (QED) is 0.511. The van der Waals surface area contributed by atoms with E-state index in [-0.39, 0.29) is 4.75 Å². The second-order valence-corrected chi connectivity index (χ2v) is 6.11. The van der Waals surface area contributed by atoms with E-state index in [0.29, 0.717) is 0 Å². The van der Waals surface area contributed by atoms with Crippen molar-refractivity contribution in [3.05, 3.63) is 12.7 Å². The van der Waals surface area contributed by atoms with E-state index in [0.717, 1.165) is 25.0 Å². The fourth-order valence-corrected chi connectivity index (χ4v) is 1.54. The van der Waals surface area contributed by atoms with Crippen LogP contribution in [0.5, 0.6) is 0 Å². The molecule has 0 rings (SSSR count). The zero-order valence-electron chi connectivity index (χ0n) is 9.67. The van der Waals surface area contributed by atoms with E-state index in [1.807, 2.05) is 33.8 Å². The van der Waals surface area contributed by atoms with E-state index in [1.165, 1.54) is 0 Å². The summed E-state index contributed by atoms with van der Waals surface area (Å²) in [6.45, 7) is 11.5. The van der Waals surface area contributed by atoms with Gasteiger partial charge in [0.2, 0.25) is 0 Å². The Balaban J connectivity index is 4.43. The molecule has 0 spiro atoms. The predicted octanol–water partition coefficient (Wildman–Crippen LogP) is 3.27. The van der Waals surface area contributed by atoms with Gasteiger partial charge in [-0.1, -0.05) is 13.0 Å². The van der Waals surface area contributed by atoms with Crippen LogP contribution in [0.15, 0.2) is 17.1 Å². The van der Waals surface area contributed by atoms with Gasteiger partial charge in [-0.25, -0.2) is 4.21 Å². The van der Waals surface area contributed by atoms with Gasteiger partial charge >= 0.3 is 0 Å². The molecule has 0 aromatic rings. The molecule has 0 aliphatic carbocycles. The largest absolute Gasteiger partial charge is 0.234 e. The highest BCUT2D eigenvalue weighted by molar-refractivity contribution is 7.85. The summed E-state index contributed by atoms with van der Waals surface area (Å²) < 4.78 is 15.7. The summed E-state index contributed by atoms with van der Waals surface area (Å²) in [5.74, 6) is 0. The summed E-state index contributed by atoms with van der Waals surface area (Å²) in [7, 11) is -1.12. The number of hydrogen-bond donors (Lipinski definition) is 0. The Kier molecular flexibility index (Phi) is 5.93. The summed E-state index contributed by atoms with van der Waals surface area (Å²) >= 11 is 0. The normalized spacial score (nSPS) is 15.3. The summed E-state index contributed by atoms with van der Waals surface area (Å²) in [5, 5.41) is 0. The standard InChI is InChI=1S/C11H21NOS/c1-6-8-9-10(7-2)12-14(13)11(3,4)5/h6H,1,7-9H2,2-5H3/b12-10+/t14-/m1/s1. The van der Waals surface area contributed by atoms with E-state index in [1.54, 1.807) is 0 Å². The first-order chi connectivity index (χ1) is 6.41. The highest BCUT2D eigenvalue weighted by Crippen LogP contribution is 2.13. The van der Waals surface area contributed by atoms with Gasteiger partial charge in [0.1, 0.15) is 11.0 Å². The van der Waals surface area contributed by atoms with E-state index >= 15 is 0 Å². The van der Waals surface area contributed by atoms with Crippen LogP contribution in [0.3, 0.4) is 0 Å². The molecule has 0 bridgehead atoms. The van der Waals surface area contributed by atoms with Crippen LogP contribution in [0.2, 0.25) is 0 Å². The first kappa shape index (κ1) is 13.6. The second kappa shape index (κ2) is 6.12. The molecule has 3 heteroatoms. The van der Waals surface area contributed by atoms with Gasteiger partial charge in [0.05, 0.1) is 4.75 Å². The summed E-state index contributed by atoms with van der Waals surface area (Å²) in [4.78, 5) is 0. The lowest BCUT2D eigenvalue weighted by atomic mass is 10.2. The third kappa shape index (κ3) is 5.32. The molecule has 0 saturated heterocycles. The molecule has 0 heterocycles. The minimum atomic E-state index is -1.12. The van der Waals surface area contributed by atoms with Crippen LogP contribution in [0, 0.1) is 0 Å². The van der Waals surface area contributed by atoms with Gasteiger partial charge < -0.3 is 0 Å². The maximum atomic E-state index is 11.7. The summed E-state index contributed by atoms with van der Waals surface area (Å²) in [5.41, 5.74) is 1.03. The minimum Gasteiger partial charge on any atom is -0.234 e. The number of nitrogens with zero attached hydrogens (tertiary/aromatic N) is 1. The lowest BCUT2D eigenvalue weighted by Gasteiger charge is -2.14. The third-order valence-electron chi connectivity index (χ3n) is 1.78. The Labute approximate surface area is 90.1 Å². The molecule has 0 aliphatic heterocycles. The average Bonchev–Trinajstić information content (AvgIpc) is 2.10. The Morgan fingerprint density at radius 3 is 2.43 bits per heavy atom. The number of allylic oxidation sites excluding steroid dienone is 1. The molecule has 0 N–H and O–H groups in total. The molecule has 0 amide bonds. The monoisotopic (exact) mass is 215 g/mol. The van der Waals surface area contributed by atoms with Gasteiger partial charge in [-0.3, -0.25) is 0 Å². The van der Waals surface area contributed by atoms with Crippen LogP contribution in [-0.2, 0) is 11.0 Å². The second-order valence-electron chi connectivity index (χ2n) is 4.20. The van der Waals surface area contributed by atoms with Crippen molar-refractivity contribution in [1.29, 1.82) is 0 Å². The maximum Gasteiger partial charge on any atom is 0.144 e. The van der Waals surface area contributed by atoms with Crippen molar-refractivity contribution in [2.45, 2.75) is 51.7 Å². The molecule has 82 valence electrons. The lowest BCUT2D eigenvalue weighted by Crippen LogP contribution is -2.20. The van der Waals surface area contributed by atoms with Crippen molar-refractivity contribution in [3.8, 4) is 0 Å². The molecular weight excluding hydrogens is 194 g/mol. The Morgan fingerprint density at radius 1 is 1.50 bits per heavy atom. The number of rotatable bonds is 5. The molecule has 2 nitrogen and oxygen atoms in total. The zero-order valence-corrected chi connectivity index (χ0v) is 10.5. The molecule has 0 fully saturated rings. The van der Waals surface area contributed by atoms with E-state index < -0.39 is 11.0 Å². The smallest absolute Gasteiger partial charge is 0.144 e. The highest BCUT2D eigenvalue weighted by Gasteiger charge is 2.19. The summed E-state index contributed by atoms with van der Waals surface area (Å²) in [6.07, 6.45) is 4.52. The first-order valence-corrected chi connectivity index (χ1v) is 6.11. The van der Waals surface area contributed by atoms with Crippen LogP contribution in [0.1, 0.15) is 47.0 Å². The first-order valence-electron chi connectivity index (χ1n) is 5.01. The molecule has 14 heavy (non-hydrogen) atoms. The van der Waals surface area contributed by atoms with Crippen LogP contribution in [0.25, 0.3) is 0 Å². The fourth-order valence-electron chi connectivity index (χ4n) is 0.810. The molecule has 0 radical (unpaired) electrons. The Bertz CT molecular complexity index is 238. The van der Waals surface area contributed by atoms with Crippen molar-refractivity contribution in [2.24, 2.45) is 4.40 Å². The molecule has 1 atom stereocenters. The average molecular weight is 215 g/mol. The van der Waals surface area contributed by atoms with Crippen LogP contribution in [-0.4, -0.2) is 14.7 Å². The van der Waals surface area contributed by atoms with Crippen LogP contribution in [0.4, 0.5) is 0 Å². The zero-order chi connectivity index (χ0) is 11.2. The van der Waals surface area contributed by atoms with Crippen molar-refractivity contribution in [3.63, 3.8) is 0 Å². The number of hydrogen-bond acceptors (Lipinski definition) is 1. The van der Waals surface area contributed by atoms with Crippen LogP contribution < -0.4 is 0 Å². The topological polar surface area (TPSA) is 29.4 Å². The van der Waals surface area contributed by atoms with Gasteiger partial charge in [0.25, 0.3) is 0 Å². The van der Waals surface area contributed by atoms with Crippen molar-refractivity contribution in [1.82, 2.24) is 0 Å². The van der Waals surface area contributed by atoms with Crippen molar-refractivity contribution >= 4 is 16.7 Å². The third-order valence-corrected chi connectivity index (χ3v) is 3.25. The SMILES string of the molecule is C=CCC/C(CC)=N/[S@](=O)C(C)(C)C. The van der Waals surface area contributed by atoms with Gasteiger partial charge in [-0.15, -0.1) is 6.58 Å². The molecule has 0 unspecified atom stereocenters. The molecular formula is C11H21NOS. The molecule has 0 aliphatic rings. The van der Waals surface area contributed by atoms with Crippen LogP contribution >= 0.6 is 0 Å². The van der Waals surface area contributed by atoms with E-state index in [2.05, 4.69) is 11.0 Å². The minimum absolute atomic E-state index is 0.255. The van der Waals surface area contributed by atoms with Gasteiger partial charge in [0.15, 0.2) is 0 Å². The van der Waals surface area contributed by atoms with E-state index in [9.17, 15) is 4.21 Å². The predicted molar refractivity (Wildman–Crippen MR) is 65.1 cm³/mol.